The SMILES string of the molecule is CCOC(=O)C1=NN(c2ccccc2)C(C(=O)NCCCCc2nc(C)cs2)C1. The minimum absolute atomic E-state index is 0.137. The lowest BCUT2D eigenvalue weighted by atomic mass is 10.1. The van der Waals surface area contributed by atoms with E-state index in [9.17, 15) is 9.59 Å². The molecule has 0 fully saturated rings. The molecule has 1 N–H and O–H groups in total. The minimum Gasteiger partial charge on any atom is -0.461 e. The average Bonchev–Trinajstić information content (AvgIpc) is 3.35. The fourth-order valence-corrected chi connectivity index (χ4v) is 3.94. The highest BCUT2D eigenvalue weighted by molar-refractivity contribution is 7.09. The Balaban J connectivity index is 1.55. The van der Waals surface area contributed by atoms with Crippen LogP contribution in [-0.2, 0) is 20.7 Å². The summed E-state index contributed by atoms with van der Waals surface area (Å²) in [4.78, 5) is 29.4. The second-order valence-electron chi connectivity index (χ2n) is 6.80. The summed E-state index contributed by atoms with van der Waals surface area (Å²) in [6, 6.07) is 8.83. The highest BCUT2D eigenvalue weighted by atomic mass is 32.1. The Kier molecular flexibility index (Phi) is 7.35. The van der Waals surface area contributed by atoms with Crippen molar-refractivity contribution in [2.24, 2.45) is 5.10 Å². The van der Waals surface area contributed by atoms with Crippen LogP contribution in [0.5, 0.6) is 0 Å². The number of hydrogen-bond donors (Lipinski definition) is 1. The lowest BCUT2D eigenvalue weighted by molar-refractivity contribution is -0.135. The van der Waals surface area contributed by atoms with Crippen molar-refractivity contribution in [2.45, 2.75) is 45.6 Å². The largest absolute Gasteiger partial charge is 0.461 e. The van der Waals surface area contributed by atoms with Crippen molar-refractivity contribution in [2.75, 3.05) is 18.2 Å². The minimum atomic E-state index is -0.557. The molecular formula is C21H26N4O3S. The summed E-state index contributed by atoms with van der Waals surface area (Å²) >= 11 is 1.67. The first kappa shape index (κ1) is 21.0. The van der Waals surface area contributed by atoms with Crippen LogP contribution in [0.1, 0.15) is 36.9 Å². The second kappa shape index (κ2) is 10.2. The summed E-state index contributed by atoms with van der Waals surface area (Å²) in [7, 11) is 0. The van der Waals surface area contributed by atoms with Crippen LogP contribution < -0.4 is 10.3 Å². The normalized spacial score (nSPS) is 15.9. The number of ether oxygens (including phenoxy) is 1. The first-order valence-corrected chi connectivity index (χ1v) is 10.7. The molecule has 7 nitrogen and oxygen atoms in total. The van der Waals surface area contributed by atoms with Crippen molar-refractivity contribution in [3.63, 3.8) is 0 Å². The number of aryl methyl sites for hydroxylation is 2. The van der Waals surface area contributed by atoms with E-state index in [-0.39, 0.29) is 24.6 Å². The Morgan fingerprint density at radius 3 is 2.76 bits per heavy atom. The Morgan fingerprint density at radius 1 is 1.28 bits per heavy atom. The summed E-state index contributed by atoms with van der Waals surface area (Å²) in [5.74, 6) is -0.607. The molecule has 2 heterocycles. The zero-order valence-electron chi connectivity index (χ0n) is 16.8. The van der Waals surface area contributed by atoms with E-state index in [1.165, 1.54) is 0 Å². The van der Waals surface area contributed by atoms with Crippen molar-refractivity contribution in [1.29, 1.82) is 0 Å². The molecule has 1 aliphatic heterocycles. The number of amides is 1. The summed E-state index contributed by atoms with van der Waals surface area (Å²) in [6.07, 6.45) is 2.99. The number of nitrogens with one attached hydrogen (secondary N) is 1. The van der Waals surface area contributed by atoms with E-state index in [0.717, 1.165) is 35.7 Å². The maximum Gasteiger partial charge on any atom is 0.354 e. The first-order valence-electron chi connectivity index (χ1n) is 9.86. The molecule has 2 aromatic rings. The first-order chi connectivity index (χ1) is 14.1. The number of anilines is 1. The van der Waals surface area contributed by atoms with Gasteiger partial charge < -0.3 is 10.1 Å². The standard InChI is InChI=1S/C21H26N4O3S/c1-3-28-21(27)17-13-18(25(24-17)16-9-5-4-6-10-16)20(26)22-12-8-7-11-19-23-15(2)14-29-19/h4-6,9-10,14,18H,3,7-8,11-13H2,1-2H3,(H,22,26). The van der Waals surface area contributed by atoms with Crippen molar-refractivity contribution < 1.29 is 14.3 Å². The topological polar surface area (TPSA) is 83.9 Å². The smallest absolute Gasteiger partial charge is 0.354 e. The van der Waals surface area contributed by atoms with Gasteiger partial charge in [0.2, 0.25) is 5.91 Å². The predicted octanol–water partition coefficient (Wildman–Crippen LogP) is 3.09. The molecule has 0 saturated carbocycles. The number of hydrazone groups is 1. The van der Waals surface area contributed by atoms with Crippen LogP contribution in [0.4, 0.5) is 5.69 Å². The highest BCUT2D eigenvalue weighted by Crippen LogP contribution is 2.25. The van der Waals surface area contributed by atoms with Crippen molar-refractivity contribution in [3.05, 3.63) is 46.4 Å². The number of benzene rings is 1. The van der Waals surface area contributed by atoms with E-state index in [2.05, 4.69) is 20.8 Å². The van der Waals surface area contributed by atoms with E-state index < -0.39 is 12.0 Å². The average molecular weight is 415 g/mol. The van der Waals surface area contributed by atoms with Crippen LogP contribution in [0.2, 0.25) is 0 Å². The Bertz CT molecular complexity index is 866. The van der Waals surface area contributed by atoms with Crippen LogP contribution in [0.15, 0.2) is 40.8 Å². The Morgan fingerprint density at radius 2 is 2.07 bits per heavy atom. The van der Waals surface area contributed by atoms with Crippen molar-refractivity contribution in [1.82, 2.24) is 10.3 Å². The molecule has 0 bridgehead atoms. The number of nitrogens with zero attached hydrogens (tertiary/aromatic N) is 3. The number of unbranched alkanes of at least 4 members (excludes halogenated alkanes) is 1. The van der Waals surface area contributed by atoms with Gasteiger partial charge in [0.1, 0.15) is 11.8 Å². The van der Waals surface area contributed by atoms with Gasteiger partial charge in [-0.05, 0) is 45.2 Å². The van der Waals surface area contributed by atoms with E-state index in [4.69, 9.17) is 4.74 Å². The number of hydrogen-bond acceptors (Lipinski definition) is 7. The van der Waals surface area contributed by atoms with Crippen LogP contribution in [0, 0.1) is 6.92 Å². The van der Waals surface area contributed by atoms with Crippen molar-refractivity contribution >= 4 is 34.6 Å². The van der Waals surface area contributed by atoms with Gasteiger partial charge in [0.05, 0.1) is 17.3 Å². The Labute approximate surface area is 174 Å². The number of aromatic nitrogens is 1. The van der Waals surface area contributed by atoms with Crippen LogP contribution in [-0.4, -0.2) is 41.8 Å². The van der Waals surface area contributed by atoms with Gasteiger partial charge in [-0.25, -0.2) is 9.78 Å². The van der Waals surface area contributed by atoms with E-state index in [1.807, 2.05) is 37.3 Å². The van der Waals surface area contributed by atoms with Crippen molar-refractivity contribution in [3.8, 4) is 0 Å². The zero-order chi connectivity index (χ0) is 20.6. The molecule has 29 heavy (non-hydrogen) atoms. The molecule has 0 aliphatic carbocycles. The van der Waals surface area contributed by atoms with Gasteiger partial charge in [-0.3, -0.25) is 9.80 Å². The third kappa shape index (κ3) is 5.63. The molecule has 1 aromatic heterocycles. The fourth-order valence-electron chi connectivity index (χ4n) is 3.12. The van der Waals surface area contributed by atoms with Gasteiger partial charge in [-0.1, -0.05) is 18.2 Å². The second-order valence-corrected chi connectivity index (χ2v) is 7.74. The van der Waals surface area contributed by atoms with Crippen LogP contribution >= 0.6 is 11.3 Å². The molecule has 0 radical (unpaired) electrons. The number of rotatable bonds is 9. The molecular weight excluding hydrogens is 388 g/mol. The molecule has 154 valence electrons. The molecule has 0 saturated heterocycles. The maximum atomic E-state index is 12.8. The lowest BCUT2D eigenvalue weighted by Crippen LogP contribution is -2.43. The maximum absolute atomic E-state index is 12.8. The van der Waals surface area contributed by atoms with E-state index in [0.29, 0.717) is 6.54 Å². The lowest BCUT2D eigenvalue weighted by Gasteiger charge is -2.22. The monoisotopic (exact) mass is 414 g/mol. The molecule has 1 atom stereocenters. The van der Waals surface area contributed by atoms with E-state index in [1.54, 1.807) is 23.3 Å². The number of thiazole rings is 1. The van der Waals surface area contributed by atoms with Gasteiger partial charge >= 0.3 is 5.97 Å². The fraction of sp³-hybridized carbons (Fsp3) is 0.429. The number of carbonyl (C=O) groups excluding carboxylic acids is 2. The zero-order valence-corrected chi connectivity index (χ0v) is 17.6. The quantitative estimate of drug-likeness (QED) is 0.504. The third-order valence-corrected chi connectivity index (χ3v) is 5.55. The van der Waals surface area contributed by atoms with Gasteiger partial charge in [0.15, 0.2) is 0 Å². The molecule has 3 rings (SSSR count). The predicted molar refractivity (Wildman–Crippen MR) is 114 cm³/mol. The molecule has 1 aromatic carbocycles. The summed E-state index contributed by atoms with van der Waals surface area (Å²) in [5.41, 5.74) is 2.10. The van der Waals surface area contributed by atoms with Crippen LogP contribution in [0.25, 0.3) is 0 Å². The number of para-hydroxylation sites is 1. The third-order valence-electron chi connectivity index (χ3n) is 4.53. The molecule has 1 unspecified atom stereocenters. The summed E-state index contributed by atoms with van der Waals surface area (Å²) in [5, 5.41) is 12.2. The van der Waals surface area contributed by atoms with Gasteiger partial charge in [0, 0.05) is 24.0 Å². The van der Waals surface area contributed by atoms with Crippen LogP contribution in [0.3, 0.4) is 0 Å². The van der Waals surface area contributed by atoms with Gasteiger partial charge in [0.25, 0.3) is 0 Å². The molecule has 1 aliphatic rings. The number of esters is 1. The molecule has 1 amide bonds. The van der Waals surface area contributed by atoms with E-state index >= 15 is 0 Å². The molecule has 8 heteroatoms. The summed E-state index contributed by atoms with van der Waals surface area (Å²) in [6.45, 7) is 4.60. The van der Waals surface area contributed by atoms with Gasteiger partial charge in [-0.2, -0.15) is 5.10 Å². The number of carbonyl (C=O) groups is 2. The summed E-state index contributed by atoms with van der Waals surface area (Å²) < 4.78 is 5.06. The molecule has 0 spiro atoms. The highest BCUT2D eigenvalue weighted by Gasteiger charge is 2.36. The Hall–Kier alpha value is -2.74. The van der Waals surface area contributed by atoms with Gasteiger partial charge in [-0.15, -0.1) is 11.3 Å².